The van der Waals surface area contributed by atoms with Gasteiger partial charge < -0.3 is 10.5 Å². The van der Waals surface area contributed by atoms with E-state index in [-0.39, 0.29) is 0 Å². The van der Waals surface area contributed by atoms with Crippen LogP contribution >= 0.6 is 11.6 Å². The lowest BCUT2D eigenvalue weighted by Gasteiger charge is -2.18. The topological polar surface area (TPSA) is 47.6 Å². The summed E-state index contributed by atoms with van der Waals surface area (Å²) >= 11 is 5.65. The summed E-state index contributed by atoms with van der Waals surface area (Å²) in [7, 11) is 0. The Balaban J connectivity index is 0.000000198. The zero-order valence-corrected chi connectivity index (χ0v) is 14.7. The molecule has 23 heavy (non-hydrogen) atoms. The summed E-state index contributed by atoms with van der Waals surface area (Å²) in [4.78, 5) is 4.28. The number of nitrogens with two attached hydrogens (primary N) is 1. The molecule has 2 heterocycles. The van der Waals surface area contributed by atoms with Crippen LogP contribution in [-0.4, -0.2) is 12.4 Å². The van der Waals surface area contributed by atoms with Crippen LogP contribution in [-0.2, 0) is 6.42 Å². The molecule has 2 aromatic rings. The van der Waals surface area contributed by atoms with E-state index in [1.165, 1.54) is 16.7 Å². The molecule has 2 N–H and O–H groups in total. The maximum Gasteiger partial charge on any atom is 0.149 e. The smallest absolute Gasteiger partial charge is 0.149 e. The summed E-state index contributed by atoms with van der Waals surface area (Å²) in [5.41, 5.74) is 9.71. The van der Waals surface area contributed by atoms with Crippen LogP contribution in [0.3, 0.4) is 0 Å². The quantitative estimate of drug-likeness (QED) is 0.537. The molecule has 0 unspecified atom stereocenters. The van der Waals surface area contributed by atoms with Crippen LogP contribution in [0, 0.1) is 13.8 Å². The van der Waals surface area contributed by atoms with Crippen LogP contribution in [0.2, 0.25) is 5.02 Å². The first-order valence-corrected chi connectivity index (χ1v) is 8.20. The molecule has 122 valence electrons. The van der Waals surface area contributed by atoms with E-state index in [1.54, 1.807) is 0 Å². The van der Waals surface area contributed by atoms with Gasteiger partial charge in [0.05, 0.1) is 5.84 Å². The Morgan fingerprint density at radius 2 is 1.83 bits per heavy atom. The molecule has 2 aliphatic heterocycles. The lowest BCUT2D eigenvalue weighted by Crippen LogP contribution is -2.15. The molecule has 0 saturated heterocycles. The molecule has 0 radical (unpaired) electrons. The average Bonchev–Trinajstić information content (AvgIpc) is 2.57. The Morgan fingerprint density at radius 3 is 2.30 bits per heavy atom. The maximum atomic E-state index is 5.83. The molecule has 4 rings (SSSR count). The van der Waals surface area contributed by atoms with Gasteiger partial charge in [0.25, 0.3) is 0 Å². The Labute approximate surface area is 143 Å². The van der Waals surface area contributed by atoms with Crippen molar-refractivity contribution >= 4 is 17.4 Å². The van der Waals surface area contributed by atoms with Crippen LogP contribution in [0.5, 0.6) is 11.5 Å². The van der Waals surface area contributed by atoms with Gasteiger partial charge in [0.1, 0.15) is 16.5 Å². The number of hydrogen-bond acceptors (Lipinski definition) is 2. The molecule has 0 spiro atoms. The van der Waals surface area contributed by atoms with Crippen molar-refractivity contribution in [1.82, 2.24) is 0 Å². The fourth-order valence-corrected chi connectivity index (χ4v) is 2.36. The minimum Gasteiger partial charge on any atom is -0.454 e. The van der Waals surface area contributed by atoms with E-state index >= 15 is 0 Å². The molecule has 3 nitrogen and oxygen atoms in total. The van der Waals surface area contributed by atoms with Gasteiger partial charge in [-0.3, -0.25) is 4.99 Å². The predicted octanol–water partition coefficient (Wildman–Crippen LogP) is 5.06. The molecular formula is C19H23ClN2O. The van der Waals surface area contributed by atoms with Crippen molar-refractivity contribution in [2.24, 2.45) is 10.7 Å². The van der Waals surface area contributed by atoms with Crippen molar-refractivity contribution in [2.75, 3.05) is 6.54 Å². The summed E-state index contributed by atoms with van der Waals surface area (Å²) in [6.45, 7) is 7.18. The molecule has 0 atom stereocenters. The van der Waals surface area contributed by atoms with Gasteiger partial charge in [-0.25, -0.2) is 0 Å². The Bertz CT molecular complexity index is 690. The highest BCUT2D eigenvalue weighted by atomic mass is 35.5. The van der Waals surface area contributed by atoms with Crippen molar-refractivity contribution in [3.63, 3.8) is 0 Å². The first-order chi connectivity index (χ1) is 11.0. The molecule has 4 heteroatoms. The van der Waals surface area contributed by atoms with Gasteiger partial charge in [-0.05, 0) is 49.1 Å². The van der Waals surface area contributed by atoms with Crippen LogP contribution in [0.1, 0.15) is 30.0 Å². The van der Waals surface area contributed by atoms with Gasteiger partial charge in [0.2, 0.25) is 0 Å². The van der Waals surface area contributed by atoms with Gasteiger partial charge in [0.15, 0.2) is 0 Å². The third-order valence-electron chi connectivity index (χ3n) is 3.64. The second-order valence-corrected chi connectivity index (χ2v) is 6.02. The largest absolute Gasteiger partial charge is 0.454 e. The highest BCUT2D eigenvalue weighted by molar-refractivity contribution is 6.34. The fourth-order valence-electron chi connectivity index (χ4n) is 2.15. The monoisotopic (exact) mass is 330 g/mol. The Morgan fingerprint density at radius 1 is 1.13 bits per heavy atom. The summed E-state index contributed by atoms with van der Waals surface area (Å²) in [6, 6.07) is 12.0. The minimum absolute atomic E-state index is 0.736. The third kappa shape index (κ3) is 4.73. The van der Waals surface area contributed by atoms with Gasteiger partial charge in [-0.15, -0.1) is 0 Å². The Hall–Kier alpha value is -2.00. The number of fused-ring (bicyclic) bond motifs is 2. The highest BCUT2D eigenvalue weighted by Crippen LogP contribution is 2.45. The number of hydrogen-bond donors (Lipinski definition) is 1. The molecule has 0 fully saturated rings. The lowest BCUT2D eigenvalue weighted by atomic mass is 10.0. The SMILES string of the molecule is CCCN=C(N)Cc1ccc(C)c(C)c1.Clc1c2cccc1O2. The van der Waals surface area contributed by atoms with Crippen LogP contribution < -0.4 is 10.5 Å². The summed E-state index contributed by atoms with van der Waals surface area (Å²) in [5.74, 6) is 2.33. The van der Waals surface area contributed by atoms with E-state index in [4.69, 9.17) is 22.1 Å². The maximum absolute atomic E-state index is 5.83. The number of aliphatic imine (C=N–C) groups is 1. The lowest BCUT2D eigenvalue weighted by molar-refractivity contribution is 0.439. The third-order valence-corrected chi connectivity index (χ3v) is 4.02. The van der Waals surface area contributed by atoms with Gasteiger partial charge in [-0.2, -0.15) is 0 Å². The van der Waals surface area contributed by atoms with Crippen LogP contribution in [0.4, 0.5) is 0 Å². The molecule has 0 amide bonds. The average molecular weight is 331 g/mol. The van der Waals surface area contributed by atoms with E-state index in [9.17, 15) is 0 Å². The van der Waals surface area contributed by atoms with Gasteiger partial charge in [-0.1, -0.05) is 42.8 Å². The van der Waals surface area contributed by atoms with Crippen molar-refractivity contribution in [3.05, 3.63) is 58.1 Å². The highest BCUT2D eigenvalue weighted by Gasteiger charge is 2.17. The Kier molecular flexibility index (Phi) is 6.05. The van der Waals surface area contributed by atoms with Crippen molar-refractivity contribution < 1.29 is 4.74 Å². The predicted molar refractivity (Wildman–Crippen MR) is 97.9 cm³/mol. The summed E-state index contributed by atoms with van der Waals surface area (Å²) in [6.07, 6.45) is 1.81. The summed E-state index contributed by atoms with van der Waals surface area (Å²) in [5, 5.41) is 0.757. The number of benzene rings is 2. The molecule has 2 bridgehead atoms. The number of ether oxygens (including phenoxy) is 1. The number of aryl methyl sites for hydroxylation is 2. The van der Waals surface area contributed by atoms with E-state index in [0.717, 1.165) is 41.7 Å². The molecule has 2 aromatic carbocycles. The van der Waals surface area contributed by atoms with E-state index in [2.05, 4.69) is 44.0 Å². The standard InChI is InChI=1S/C13H20N2.C6H3ClO/c1-4-7-15-13(14)9-12-6-5-10(2)11(3)8-12;7-6-4-2-1-3-5(6)8-4/h5-6,8H,4,7,9H2,1-3H3,(H2,14,15);1-3H. The van der Waals surface area contributed by atoms with Gasteiger partial charge in [0, 0.05) is 13.0 Å². The molecule has 0 aromatic heterocycles. The zero-order chi connectivity index (χ0) is 16.8. The number of rotatable bonds is 4. The van der Waals surface area contributed by atoms with Crippen LogP contribution in [0.25, 0.3) is 0 Å². The van der Waals surface area contributed by atoms with E-state index in [1.807, 2.05) is 18.2 Å². The number of halogens is 1. The first kappa shape index (κ1) is 17.4. The second kappa shape index (κ2) is 8.02. The zero-order valence-electron chi connectivity index (χ0n) is 13.9. The number of amidine groups is 1. The number of nitrogens with zero attached hydrogens (tertiary/aromatic N) is 1. The van der Waals surface area contributed by atoms with Crippen LogP contribution in [0.15, 0.2) is 41.4 Å². The van der Waals surface area contributed by atoms with Gasteiger partial charge >= 0.3 is 0 Å². The second-order valence-electron chi connectivity index (χ2n) is 5.64. The minimum atomic E-state index is 0.736. The molecule has 2 aliphatic rings. The van der Waals surface area contributed by atoms with E-state index in [0.29, 0.717) is 0 Å². The normalized spacial score (nSPS) is 11.9. The molecule has 0 saturated carbocycles. The summed E-state index contributed by atoms with van der Waals surface area (Å²) < 4.78 is 5.01. The van der Waals surface area contributed by atoms with Crippen molar-refractivity contribution in [1.29, 1.82) is 0 Å². The fraction of sp³-hybridized carbons (Fsp3) is 0.316. The molecular weight excluding hydrogens is 308 g/mol. The van der Waals surface area contributed by atoms with Crippen molar-refractivity contribution in [3.8, 4) is 11.5 Å². The van der Waals surface area contributed by atoms with Crippen molar-refractivity contribution in [2.45, 2.75) is 33.6 Å². The first-order valence-electron chi connectivity index (χ1n) is 7.82. The van der Waals surface area contributed by atoms with E-state index < -0.39 is 0 Å². The molecule has 0 aliphatic carbocycles.